The Morgan fingerprint density at radius 2 is 1.95 bits per heavy atom. The first-order valence-corrected chi connectivity index (χ1v) is 7.80. The van der Waals surface area contributed by atoms with E-state index in [1.165, 1.54) is 0 Å². The summed E-state index contributed by atoms with van der Waals surface area (Å²) in [6.07, 6.45) is 7.60. The molecule has 1 aromatic heterocycles. The summed E-state index contributed by atoms with van der Waals surface area (Å²) in [5.41, 5.74) is -0.559. The van der Waals surface area contributed by atoms with Gasteiger partial charge < -0.3 is 15.0 Å². The Kier molecular flexibility index (Phi) is 5.04. The lowest BCUT2D eigenvalue weighted by Crippen LogP contribution is -2.54. The number of carboxylic acids is 1. The summed E-state index contributed by atoms with van der Waals surface area (Å²) in [6.45, 7) is 2.81. The molecule has 1 aliphatic carbocycles. The molecule has 0 atom stereocenters. The van der Waals surface area contributed by atoms with Crippen molar-refractivity contribution >= 4 is 11.9 Å². The molecule has 1 heterocycles. The molecule has 5 nitrogen and oxygen atoms in total. The van der Waals surface area contributed by atoms with Crippen molar-refractivity contribution in [2.75, 3.05) is 0 Å². The standard InChI is InChI=1S/C16H24N2O3/c1-2-11-18-12-7-8-13(18)14(19)17-16(15(20)21)9-5-3-4-6-10-16/h7-8,12H,2-6,9-11H2,1H3,(H,17,19)(H,20,21). The van der Waals surface area contributed by atoms with Gasteiger partial charge in [0.15, 0.2) is 0 Å². The van der Waals surface area contributed by atoms with Crippen LogP contribution in [0.4, 0.5) is 0 Å². The number of carbonyl (C=O) groups is 2. The van der Waals surface area contributed by atoms with Crippen LogP contribution in [-0.4, -0.2) is 27.1 Å². The Morgan fingerprint density at radius 1 is 1.29 bits per heavy atom. The molecule has 0 unspecified atom stereocenters. The number of aryl methyl sites for hydroxylation is 1. The Balaban J connectivity index is 2.18. The highest BCUT2D eigenvalue weighted by molar-refractivity contribution is 5.96. The smallest absolute Gasteiger partial charge is 0.329 e. The van der Waals surface area contributed by atoms with Crippen LogP contribution in [0.5, 0.6) is 0 Å². The lowest BCUT2D eigenvalue weighted by Gasteiger charge is -2.29. The maximum absolute atomic E-state index is 12.5. The van der Waals surface area contributed by atoms with Crippen molar-refractivity contribution in [1.82, 2.24) is 9.88 Å². The third kappa shape index (κ3) is 3.46. The number of carboxylic acid groups (broad SMARTS) is 1. The van der Waals surface area contributed by atoms with E-state index in [1.54, 1.807) is 6.07 Å². The molecule has 0 aromatic carbocycles. The van der Waals surface area contributed by atoms with Gasteiger partial charge in [-0.1, -0.05) is 32.6 Å². The average molecular weight is 292 g/mol. The lowest BCUT2D eigenvalue weighted by molar-refractivity contribution is -0.145. The van der Waals surface area contributed by atoms with Gasteiger partial charge in [0.05, 0.1) is 0 Å². The van der Waals surface area contributed by atoms with Crippen molar-refractivity contribution in [2.24, 2.45) is 0 Å². The van der Waals surface area contributed by atoms with Crippen molar-refractivity contribution in [3.63, 3.8) is 0 Å². The summed E-state index contributed by atoms with van der Waals surface area (Å²) in [4.78, 5) is 24.2. The molecule has 0 spiro atoms. The van der Waals surface area contributed by atoms with Crippen molar-refractivity contribution in [3.8, 4) is 0 Å². The van der Waals surface area contributed by atoms with Gasteiger partial charge in [0.25, 0.3) is 5.91 Å². The van der Waals surface area contributed by atoms with E-state index in [0.717, 1.165) is 38.6 Å². The van der Waals surface area contributed by atoms with Crippen LogP contribution < -0.4 is 5.32 Å². The quantitative estimate of drug-likeness (QED) is 0.820. The minimum atomic E-state index is -1.10. The molecule has 1 aliphatic rings. The number of nitrogens with one attached hydrogen (secondary N) is 1. The monoisotopic (exact) mass is 292 g/mol. The van der Waals surface area contributed by atoms with Gasteiger partial charge in [0.2, 0.25) is 0 Å². The van der Waals surface area contributed by atoms with E-state index in [-0.39, 0.29) is 5.91 Å². The second-order valence-electron chi connectivity index (χ2n) is 5.84. The minimum Gasteiger partial charge on any atom is -0.480 e. The van der Waals surface area contributed by atoms with Crippen molar-refractivity contribution in [3.05, 3.63) is 24.0 Å². The second kappa shape index (κ2) is 6.78. The van der Waals surface area contributed by atoms with Crippen LogP contribution in [0, 0.1) is 0 Å². The molecule has 0 radical (unpaired) electrons. The van der Waals surface area contributed by atoms with Crippen LogP contribution in [0.15, 0.2) is 18.3 Å². The first-order chi connectivity index (χ1) is 10.1. The molecule has 116 valence electrons. The zero-order valence-electron chi connectivity index (χ0n) is 12.6. The molecular formula is C16H24N2O3. The van der Waals surface area contributed by atoms with Crippen molar-refractivity contribution in [2.45, 2.75) is 64.0 Å². The first kappa shape index (κ1) is 15.6. The van der Waals surface area contributed by atoms with Crippen LogP contribution in [0.2, 0.25) is 0 Å². The maximum Gasteiger partial charge on any atom is 0.329 e. The van der Waals surface area contributed by atoms with Crippen LogP contribution in [-0.2, 0) is 11.3 Å². The maximum atomic E-state index is 12.5. The third-order valence-electron chi connectivity index (χ3n) is 4.25. The van der Waals surface area contributed by atoms with E-state index in [0.29, 0.717) is 18.5 Å². The summed E-state index contributed by atoms with van der Waals surface area (Å²) in [5, 5.41) is 12.4. The van der Waals surface area contributed by atoms with Gasteiger partial charge in [0.1, 0.15) is 11.2 Å². The molecule has 1 aromatic rings. The predicted molar refractivity (Wildman–Crippen MR) is 80.3 cm³/mol. The van der Waals surface area contributed by atoms with Crippen LogP contribution >= 0.6 is 0 Å². The van der Waals surface area contributed by atoms with E-state index in [2.05, 4.69) is 5.32 Å². The van der Waals surface area contributed by atoms with E-state index in [4.69, 9.17) is 0 Å². The highest BCUT2D eigenvalue weighted by Crippen LogP contribution is 2.28. The molecule has 1 fully saturated rings. The molecule has 1 amide bonds. The summed E-state index contributed by atoms with van der Waals surface area (Å²) in [7, 11) is 0. The molecule has 1 saturated carbocycles. The molecule has 21 heavy (non-hydrogen) atoms. The van der Waals surface area contributed by atoms with Crippen LogP contribution in [0.3, 0.4) is 0 Å². The topological polar surface area (TPSA) is 71.3 Å². The Bertz CT molecular complexity index is 499. The van der Waals surface area contributed by atoms with Gasteiger partial charge in [-0.25, -0.2) is 4.79 Å². The number of nitrogens with zero attached hydrogens (tertiary/aromatic N) is 1. The summed E-state index contributed by atoms with van der Waals surface area (Å²) >= 11 is 0. The highest BCUT2D eigenvalue weighted by Gasteiger charge is 2.40. The number of aromatic nitrogens is 1. The van der Waals surface area contributed by atoms with Crippen LogP contribution in [0.1, 0.15) is 62.4 Å². The molecule has 0 bridgehead atoms. The van der Waals surface area contributed by atoms with Gasteiger partial charge >= 0.3 is 5.97 Å². The number of rotatable bonds is 5. The Hall–Kier alpha value is -1.78. The van der Waals surface area contributed by atoms with E-state index >= 15 is 0 Å². The fourth-order valence-electron chi connectivity index (χ4n) is 3.06. The Morgan fingerprint density at radius 3 is 2.52 bits per heavy atom. The fraction of sp³-hybridized carbons (Fsp3) is 0.625. The van der Waals surface area contributed by atoms with Crippen LogP contribution in [0.25, 0.3) is 0 Å². The first-order valence-electron chi connectivity index (χ1n) is 7.80. The average Bonchev–Trinajstić information content (AvgIpc) is 2.77. The third-order valence-corrected chi connectivity index (χ3v) is 4.25. The molecule has 0 aliphatic heterocycles. The van der Waals surface area contributed by atoms with E-state index < -0.39 is 11.5 Å². The van der Waals surface area contributed by atoms with E-state index in [9.17, 15) is 14.7 Å². The molecule has 0 saturated heterocycles. The number of carbonyl (C=O) groups excluding carboxylic acids is 1. The molecular weight excluding hydrogens is 268 g/mol. The largest absolute Gasteiger partial charge is 0.480 e. The zero-order valence-corrected chi connectivity index (χ0v) is 12.6. The number of amides is 1. The number of hydrogen-bond donors (Lipinski definition) is 2. The van der Waals surface area contributed by atoms with E-state index in [1.807, 2.05) is 23.8 Å². The SMILES string of the molecule is CCCn1cccc1C(=O)NC1(C(=O)O)CCCCCC1. The fourth-order valence-corrected chi connectivity index (χ4v) is 3.06. The number of hydrogen-bond acceptors (Lipinski definition) is 2. The zero-order chi connectivity index (χ0) is 15.3. The Labute approximate surface area is 125 Å². The molecule has 2 rings (SSSR count). The second-order valence-corrected chi connectivity index (χ2v) is 5.84. The summed E-state index contributed by atoms with van der Waals surface area (Å²) in [5.74, 6) is -1.19. The van der Waals surface area contributed by atoms with Crippen molar-refractivity contribution < 1.29 is 14.7 Å². The lowest BCUT2D eigenvalue weighted by atomic mass is 9.90. The molecule has 5 heteroatoms. The summed E-state index contributed by atoms with van der Waals surface area (Å²) < 4.78 is 1.88. The molecule has 2 N–H and O–H groups in total. The van der Waals surface area contributed by atoms with Crippen molar-refractivity contribution in [1.29, 1.82) is 0 Å². The summed E-state index contributed by atoms with van der Waals surface area (Å²) in [6, 6.07) is 3.57. The predicted octanol–water partition coefficient (Wildman–Crippen LogP) is 2.81. The normalized spacial score (nSPS) is 18.0. The van der Waals surface area contributed by atoms with Gasteiger partial charge in [0, 0.05) is 12.7 Å². The minimum absolute atomic E-state index is 0.280. The highest BCUT2D eigenvalue weighted by atomic mass is 16.4. The van der Waals surface area contributed by atoms with Gasteiger partial charge in [-0.2, -0.15) is 0 Å². The van der Waals surface area contributed by atoms with Gasteiger partial charge in [-0.15, -0.1) is 0 Å². The van der Waals surface area contributed by atoms with Gasteiger partial charge in [-0.3, -0.25) is 4.79 Å². The number of aliphatic carboxylic acids is 1. The van der Waals surface area contributed by atoms with Gasteiger partial charge in [-0.05, 0) is 31.4 Å².